The van der Waals surface area contributed by atoms with Crippen molar-refractivity contribution in [2.24, 2.45) is 14.1 Å². The van der Waals surface area contributed by atoms with Gasteiger partial charge in [-0.15, -0.1) is 0 Å². The number of carboxylic acid groups (broad SMARTS) is 1. The molecule has 0 aliphatic carbocycles. The van der Waals surface area contributed by atoms with E-state index in [2.05, 4.69) is 4.98 Å². The smallest absolute Gasteiger partial charge is 0.332 e. The van der Waals surface area contributed by atoms with Gasteiger partial charge in [0.25, 0.3) is 5.56 Å². The van der Waals surface area contributed by atoms with Crippen LogP contribution < -0.4 is 11.2 Å². The summed E-state index contributed by atoms with van der Waals surface area (Å²) in [5.41, 5.74) is -0.543. The van der Waals surface area contributed by atoms with E-state index in [4.69, 9.17) is 7.85 Å². The molecule has 1 N–H and O–H groups in total. The normalized spacial score (nSPS) is 13.3. The fraction of sp³-hybridized carbons (Fsp3) is 0.500. The molecule has 2 aromatic heterocycles. The van der Waals surface area contributed by atoms with Gasteiger partial charge < -0.3 is 9.67 Å². The van der Waals surface area contributed by atoms with Crippen molar-refractivity contribution in [2.75, 3.05) is 0 Å². The largest absolute Gasteiger partial charge is 0.481 e. The number of carbonyl (C=O) groups is 1. The minimum absolute atomic E-state index is 0.0534. The molecule has 0 spiro atoms. The Morgan fingerprint density at radius 3 is 2.75 bits per heavy atom. The maximum Gasteiger partial charge on any atom is 0.332 e. The van der Waals surface area contributed by atoms with Gasteiger partial charge in [0.2, 0.25) is 0 Å². The molecule has 0 saturated carbocycles. The first-order valence-corrected chi connectivity index (χ1v) is 6.01. The highest BCUT2D eigenvalue weighted by Crippen LogP contribution is 2.03. The second-order valence-electron chi connectivity index (χ2n) is 4.41. The second-order valence-corrected chi connectivity index (χ2v) is 4.41. The monoisotopic (exact) mass is 282 g/mol. The summed E-state index contributed by atoms with van der Waals surface area (Å²) in [6.07, 6.45) is -1.19. The molecule has 2 aromatic rings. The van der Waals surface area contributed by atoms with Gasteiger partial charge >= 0.3 is 11.7 Å². The molecule has 0 fully saturated rings. The third kappa shape index (κ3) is 2.36. The van der Waals surface area contributed by atoms with E-state index in [0.29, 0.717) is 0 Å². The van der Waals surface area contributed by atoms with Crippen LogP contribution in [0.4, 0.5) is 0 Å². The highest BCUT2D eigenvalue weighted by atomic mass is 16.4. The van der Waals surface area contributed by atoms with Gasteiger partial charge in [-0.2, -0.15) is 0 Å². The van der Waals surface area contributed by atoms with E-state index in [1.807, 2.05) is 0 Å². The number of carboxylic acids is 1. The molecule has 0 atom stereocenters. The summed E-state index contributed by atoms with van der Waals surface area (Å²) >= 11 is 0. The lowest BCUT2D eigenvalue weighted by Gasteiger charge is -2.08. The highest BCUT2D eigenvalue weighted by Gasteiger charge is 2.14. The van der Waals surface area contributed by atoms with Gasteiger partial charge in [0.05, 0.1) is 6.33 Å². The van der Waals surface area contributed by atoms with E-state index in [1.165, 1.54) is 22.5 Å². The quantitative estimate of drug-likeness (QED) is 0.811. The van der Waals surface area contributed by atoms with Crippen molar-refractivity contribution in [3.8, 4) is 0 Å². The number of imidazole rings is 1. The molecule has 108 valence electrons. The Hall–Kier alpha value is -2.38. The summed E-state index contributed by atoms with van der Waals surface area (Å²) in [7, 11) is 3.12. The third-order valence-corrected chi connectivity index (χ3v) is 3.04. The standard InChI is InChI=1S/C12H16N4O4/c1-14-7-13-10-9(14)11(19)16(12(20)15(10)2)6-4-3-5-8(17)18/h7H,3-6H2,1-2H3,(H,17,18)/i5D2. The first-order valence-electron chi connectivity index (χ1n) is 7.01. The highest BCUT2D eigenvalue weighted by molar-refractivity contribution is 5.69. The van der Waals surface area contributed by atoms with Crippen LogP contribution in [0.2, 0.25) is 0 Å². The van der Waals surface area contributed by atoms with Crippen LogP contribution in [-0.4, -0.2) is 29.8 Å². The number of aromatic nitrogens is 4. The van der Waals surface area contributed by atoms with Gasteiger partial charge in [0.1, 0.15) is 0 Å². The molecule has 0 unspecified atom stereocenters. The van der Waals surface area contributed by atoms with Gasteiger partial charge in [-0.3, -0.25) is 18.7 Å². The Kier molecular flexibility index (Phi) is 3.04. The Morgan fingerprint density at radius 1 is 1.40 bits per heavy atom. The molecule has 0 saturated heterocycles. The number of fused-ring (bicyclic) bond motifs is 1. The molecule has 0 aliphatic heterocycles. The summed E-state index contributed by atoms with van der Waals surface area (Å²) in [4.78, 5) is 39.2. The maximum absolute atomic E-state index is 12.4. The molecule has 2 rings (SSSR count). The van der Waals surface area contributed by atoms with Crippen molar-refractivity contribution in [3.05, 3.63) is 27.2 Å². The molecule has 0 aliphatic rings. The molecule has 0 bridgehead atoms. The molecule has 0 radical (unpaired) electrons. The summed E-state index contributed by atoms with van der Waals surface area (Å²) < 4.78 is 18.4. The minimum atomic E-state index is -2.38. The van der Waals surface area contributed by atoms with Crippen molar-refractivity contribution < 1.29 is 12.6 Å². The van der Waals surface area contributed by atoms with Gasteiger partial charge in [0.15, 0.2) is 11.2 Å². The topological polar surface area (TPSA) is 99.1 Å². The van der Waals surface area contributed by atoms with Gasteiger partial charge in [-0.1, -0.05) is 0 Å². The van der Waals surface area contributed by atoms with Crippen LogP contribution in [0.3, 0.4) is 0 Å². The fourth-order valence-electron chi connectivity index (χ4n) is 2.03. The number of hydrogen-bond acceptors (Lipinski definition) is 4. The molecular weight excluding hydrogens is 264 g/mol. The summed E-state index contributed by atoms with van der Waals surface area (Å²) in [5, 5.41) is 8.72. The van der Waals surface area contributed by atoms with E-state index in [0.717, 1.165) is 4.57 Å². The maximum atomic E-state index is 12.4. The summed E-state index contributed by atoms with van der Waals surface area (Å²) in [6, 6.07) is 0. The van der Waals surface area contributed by atoms with Crippen molar-refractivity contribution in [3.63, 3.8) is 0 Å². The van der Waals surface area contributed by atoms with Crippen molar-refractivity contribution in [2.45, 2.75) is 25.8 Å². The van der Waals surface area contributed by atoms with Gasteiger partial charge in [-0.05, 0) is 12.8 Å². The molecule has 8 nitrogen and oxygen atoms in total. The Balaban J connectivity index is 2.37. The molecule has 8 heteroatoms. The van der Waals surface area contributed by atoms with Crippen LogP contribution in [0, 0.1) is 0 Å². The summed E-state index contributed by atoms with van der Waals surface area (Å²) in [5.74, 6) is -1.56. The fourth-order valence-corrected chi connectivity index (χ4v) is 2.03. The van der Waals surface area contributed by atoms with Gasteiger partial charge in [0, 0.05) is 29.8 Å². The zero-order valence-electron chi connectivity index (χ0n) is 13.2. The lowest BCUT2D eigenvalue weighted by atomic mass is 10.2. The number of aliphatic carboxylic acids is 1. The van der Waals surface area contributed by atoms with E-state index >= 15 is 0 Å². The first kappa shape index (κ1) is 11.4. The Morgan fingerprint density at radius 2 is 2.10 bits per heavy atom. The van der Waals surface area contributed by atoms with Crippen LogP contribution in [0.15, 0.2) is 15.9 Å². The lowest BCUT2D eigenvalue weighted by Crippen LogP contribution is -2.39. The number of aryl methyl sites for hydroxylation is 2. The minimum Gasteiger partial charge on any atom is -0.481 e. The summed E-state index contributed by atoms with van der Waals surface area (Å²) in [6.45, 7) is -0.0561. The zero-order chi connectivity index (χ0) is 16.7. The molecule has 0 amide bonds. The molecule has 0 aromatic carbocycles. The number of hydrogen-bond donors (Lipinski definition) is 1. The van der Waals surface area contributed by atoms with Crippen molar-refractivity contribution >= 4 is 17.1 Å². The number of nitrogens with zero attached hydrogens (tertiary/aromatic N) is 4. The van der Waals surface area contributed by atoms with E-state index in [1.54, 1.807) is 7.05 Å². The predicted molar refractivity (Wildman–Crippen MR) is 71.7 cm³/mol. The Bertz CT molecular complexity index is 849. The zero-order valence-corrected chi connectivity index (χ0v) is 11.2. The average Bonchev–Trinajstić information content (AvgIpc) is 2.82. The molecular formula is C12H16N4O4. The van der Waals surface area contributed by atoms with Gasteiger partial charge in [-0.25, -0.2) is 9.78 Å². The van der Waals surface area contributed by atoms with Crippen LogP contribution >= 0.6 is 0 Å². The predicted octanol–water partition coefficient (Wildman–Crippen LogP) is -0.311. The van der Waals surface area contributed by atoms with E-state index < -0.39 is 23.6 Å². The first-order chi connectivity index (χ1) is 10.2. The molecule has 20 heavy (non-hydrogen) atoms. The number of rotatable bonds is 5. The van der Waals surface area contributed by atoms with Crippen LogP contribution in [0.5, 0.6) is 0 Å². The van der Waals surface area contributed by atoms with Crippen LogP contribution in [0.25, 0.3) is 11.2 Å². The van der Waals surface area contributed by atoms with Crippen LogP contribution in [-0.2, 0) is 25.4 Å². The second kappa shape index (κ2) is 5.32. The molecule has 2 heterocycles. The lowest BCUT2D eigenvalue weighted by molar-refractivity contribution is -0.137. The Labute approximate surface area is 116 Å². The SMILES string of the molecule is [2H]C([2H])(CCCn1c(=O)c2c(ncn2C)n(C)c1=O)C(=O)O. The average molecular weight is 282 g/mol. The third-order valence-electron chi connectivity index (χ3n) is 3.04. The van der Waals surface area contributed by atoms with Crippen molar-refractivity contribution in [1.29, 1.82) is 0 Å². The van der Waals surface area contributed by atoms with Crippen LogP contribution in [0.1, 0.15) is 22.0 Å². The van der Waals surface area contributed by atoms with E-state index in [9.17, 15) is 14.4 Å². The van der Waals surface area contributed by atoms with Crippen molar-refractivity contribution in [1.82, 2.24) is 18.7 Å². The van der Waals surface area contributed by atoms with E-state index in [-0.39, 0.29) is 30.6 Å².